The van der Waals surface area contributed by atoms with Crippen molar-refractivity contribution in [2.24, 2.45) is 5.41 Å². The van der Waals surface area contributed by atoms with Crippen LogP contribution in [0.1, 0.15) is 60.2 Å². The van der Waals surface area contributed by atoms with Crippen LogP contribution in [0.3, 0.4) is 0 Å². The molecule has 0 radical (unpaired) electrons. The molecule has 0 bridgehead atoms. The number of benzene rings is 2. The van der Waals surface area contributed by atoms with Crippen molar-refractivity contribution in [1.82, 2.24) is 15.0 Å². The molecule has 3 aromatic rings. The summed E-state index contributed by atoms with van der Waals surface area (Å²) >= 11 is 12.6. The first kappa shape index (κ1) is 28.5. The van der Waals surface area contributed by atoms with Gasteiger partial charge in [-0.3, -0.25) is 9.59 Å². The summed E-state index contributed by atoms with van der Waals surface area (Å²) in [5, 5.41) is 5.37. The zero-order chi connectivity index (χ0) is 28.3. The summed E-state index contributed by atoms with van der Waals surface area (Å²) in [7, 11) is 0. The Morgan fingerprint density at radius 1 is 0.950 bits per heavy atom. The molecule has 2 saturated heterocycles. The Kier molecular flexibility index (Phi) is 8.71. The Balaban J connectivity index is 1.34. The summed E-state index contributed by atoms with van der Waals surface area (Å²) in [4.78, 5) is 31.0. The maximum absolute atomic E-state index is 13.8. The number of halogens is 2. The van der Waals surface area contributed by atoms with Gasteiger partial charge in [0.25, 0.3) is 5.91 Å². The average Bonchev–Trinajstić information content (AvgIpc) is 3.35. The number of ether oxygens (including phenoxy) is 1. The van der Waals surface area contributed by atoms with Crippen LogP contribution in [0.2, 0.25) is 10.0 Å². The van der Waals surface area contributed by atoms with E-state index in [1.807, 2.05) is 53.1 Å². The largest absolute Gasteiger partial charge is 0.493 e. The second kappa shape index (κ2) is 12.2. The van der Waals surface area contributed by atoms with Gasteiger partial charge in [-0.2, -0.15) is 0 Å². The maximum atomic E-state index is 13.8. The van der Waals surface area contributed by atoms with Gasteiger partial charge in [-0.1, -0.05) is 46.6 Å². The van der Waals surface area contributed by atoms with Gasteiger partial charge >= 0.3 is 0 Å². The molecule has 5 rings (SSSR count). The minimum atomic E-state index is -0.381. The summed E-state index contributed by atoms with van der Waals surface area (Å²) in [5.41, 5.74) is 2.10. The number of piperidine rings is 2. The Labute approximate surface area is 245 Å². The van der Waals surface area contributed by atoms with Crippen molar-refractivity contribution in [2.45, 2.75) is 52.4 Å². The lowest BCUT2D eigenvalue weighted by Crippen LogP contribution is -2.48. The zero-order valence-corrected chi connectivity index (χ0v) is 24.6. The van der Waals surface area contributed by atoms with Gasteiger partial charge in [0.1, 0.15) is 22.8 Å². The minimum Gasteiger partial charge on any atom is -0.493 e. The third kappa shape index (κ3) is 6.16. The van der Waals surface area contributed by atoms with Gasteiger partial charge in [0.05, 0.1) is 11.6 Å². The summed E-state index contributed by atoms with van der Waals surface area (Å²) in [5.74, 6) is 1.22. The van der Waals surface area contributed by atoms with Crippen molar-refractivity contribution in [3.8, 4) is 17.0 Å². The number of carbonyl (C=O) groups is 2. The molecule has 3 heterocycles. The van der Waals surface area contributed by atoms with Crippen LogP contribution in [0, 0.1) is 19.3 Å². The van der Waals surface area contributed by atoms with Crippen LogP contribution in [0.15, 0.2) is 47.0 Å². The normalized spacial score (nSPS) is 17.1. The maximum Gasteiger partial charge on any atom is 0.259 e. The van der Waals surface area contributed by atoms with Crippen LogP contribution < -0.4 is 4.74 Å². The van der Waals surface area contributed by atoms with Crippen molar-refractivity contribution in [2.75, 3.05) is 32.8 Å². The molecule has 0 spiro atoms. The molecule has 0 atom stereocenters. The number of hydrogen-bond acceptors (Lipinski definition) is 5. The predicted octanol–water partition coefficient (Wildman–Crippen LogP) is 6.97. The zero-order valence-electron chi connectivity index (χ0n) is 23.1. The molecule has 2 amide bonds. The molecule has 0 N–H and O–H groups in total. The van der Waals surface area contributed by atoms with Crippen LogP contribution in [0.5, 0.6) is 5.75 Å². The minimum absolute atomic E-state index is 0.140. The van der Waals surface area contributed by atoms with Gasteiger partial charge in [-0.15, -0.1) is 0 Å². The molecule has 2 aromatic carbocycles. The summed E-state index contributed by atoms with van der Waals surface area (Å²) < 4.78 is 11.7. The predicted molar refractivity (Wildman–Crippen MR) is 156 cm³/mol. The molecule has 2 fully saturated rings. The van der Waals surface area contributed by atoms with E-state index in [0.29, 0.717) is 71.6 Å². The first-order valence-electron chi connectivity index (χ1n) is 13.9. The molecular weight excluding hydrogens is 549 g/mol. The van der Waals surface area contributed by atoms with Crippen molar-refractivity contribution in [3.05, 3.63) is 69.4 Å². The van der Waals surface area contributed by atoms with E-state index in [9.17, 15) is 9.59 Å². The number of aromatic nitrogens is 1. The molecule has 7 nitrogen and oxygen atoms in total. The third-order valence-electron chi connectivity index (χ3n) is 8.23. The van der Waals surface area contributed by atoms with Crippen LogP contribution in [-0.2, 0) is 4.79 Å². The highest BCUT2D eigenvalue weighted by Gasteiger charge is 2.41. The van der Waals surface area contributed by atoms with Gasteiger partial charge < -0.3 is 19.1 Å². The summed E-state index contributed by atoms with van der Waals surface area (Å²) in [6.07, 6.45) is 4.97. The Morgan fingerprint density at radius 2 is 1.68 bits per heavy atom. The molecule has 40 heavy (non-hydrogen) atoms. The van der Waals surface area contributed by atoms with Crippen molar-refractivity contribution < 1.29 is 18.8 Å². The summed E-state index contributed by atoms with van der Waals surface area (Å²) in [6.45, 7) is 6.71. The number of nitrogens with zero attached hydrogens (tertiary/aromatic N) is 3. The average molecular weight is 585 g/mol. The second-order valence-corrected chi connectivity index (χ2v) is 11.9. The van der Waals surface area contributed by atoms with E-state index in [4.69, 9.17) is 32.5 Å². The van der Waals surface area contributed by atoms with Gasteiger partial charge in [-0.05, 0) is 75.8 Å². The molecule has 2 aliphatic heterocycles. The highest BCUT2D eigenvalue weighted by molar-refractivity contribution is 6.33. The standard InChI is InChI=1S/C31H35Cl2N3O4/c1-21-18-23(10-11-25(21)32)39-20-31(19-27(37)35-14-6-3-7-15-35)12-16-36(17-13-31)30(38)28-22(2)40-34-29(28)24-8-4-5-9-26(24)33/h4-5,8-11,18H,3,6-7,12-17,19-20H2,1-2H3. The van der Waals surface area contributed by atoms with E-state index in [0.717, 1.165) is 37.2 Å². The van der Waals surface area contributed by atoms with Gasteiger partial charge in [-0.25, -0.2) is 0 Å². The second-order valence-electron chi connectivity index (χ2n) is 11.1. The lowest BCUT2D eigenvalue weighted by molar-refractivity contribution is -0.136. The van der Waals surface area contributed by atoms with Crippen LogP contribution >= 0.6 is 23.2 Å². The van der Waals surface area contributed by atoms with E-state index in [1.165, 1.54) is 6.42 Å². The van der Waals surface area contributed by atoms with Crippen molar-refractivity contribution in [1.29, 1.82) is 0 Å². The molecule has 0 aliphatic carbocycles. The third-order valence-corrected chi connectivity index (χ3v) is 8.98. The van der Waals surface area contributed by atoms with E-state index in [2.05, 4.69) is 5.16 Å². The molecule has 0 unspecified atom stereocenters. The fourth-order valence-corrected chi connectivity index (χ4v) is 6.04. The number of likely N-dealkylation sites (tertiary alicyclic amines) is 2. The molecule has 9 heteroatoms. The van der Waals surface area contributed by atoms with Gasteiger partial charge in [0.15, 0.2) is 0 Å². The Morgan fingerprint density at radius 3 is 2.38 bits per heavy atom. The smallest absolute Gasteiger partial charge is 0.259 e. The first-order chi connectivity index (χ1) is 19.3. The van der Waals surface area contributed by atoms with Crippen molar-refractivity contribution >= 4 is 35.0 Å². The number of hydrogen-bond donors (Lipinski definition) is 0. The summed E-state index contributed by atoms with van der Waals surface area (Å²) in [6, 6.07) is 12.9. The Hall–Kier alpha value is -3.03. The topological polar surface area (TPSA) is 75.9 Å². The molecule has 1 aromatic heterocycles. The lowest BCUT2D eigenvalue weighted by Gasteiger charge is -2.42. The number of rotatable bonds is 7. The highest BCUT2D eigenvalue weighted by atomic mass is 35.5. The SMILES string of the molecule is Cc1cc(OCC2(CC(=O)N3CCCCC3)CCN(C(=O)c3c(-c4ccccc4Cl)noc3C)CC2)ccc1Cl. The van der Waals surface area contributed by atoms with E-state index < -0.39 is 0 Å². The molecule has 2 aliphatic rings. The van der Waals surface area contributed by atoms with E-state index >= 15 is 0 Å². The quantitative estimate of drug-likeness (QED) is 0.300. The number of carbonyl (C=O) groups excluding carboxylic acids is 2. The molecule has 212 valence electrons. The first-order valence-corrected chi connectivity index (χ1v) is 14.7. The number of amides is 2. The fourth-order valence-electron chi connectivity index (χ4n) is 5.69. The van der Waals surface area contributed by atoms with Crippen LogP contribution in [-0.4, -0.2) is 59.6 Å². The van der Waals surface area contributed by atoms with Gasteiger partial charge in [0.2, 0.25) is 5.91 Å². The lowest BCUT2D eigenvalue weighted by atomic mass is 9.75. The highest BCUT2D eigenvalue weighted by Crippen LogP contribution is 2.39. The van der Waals surface area contributed by atoms with Crippen molar-refractivity contribution in [3.63, 3.8) is 0 Å². The fraction of sp³-hybridized carbons (Fsp3) is 0.452. The number of aryl methyl sites for hydroxylation is 2. The van der Waals surface area contributed by atoms with Crippen LogP contribution in [0.4, 0.5) is 0 Å². The Bertz CT molecular complexity index is 1370. The van der Waals surface area contributed by atoms with E-state index in [1.54, 1.807) is 13.0 Å². The molecule has 0 saturated carbocycles. The molecular formula is C31H35Cl2N3O4. The monoisotopic (exact) mass is 583 g/mol. The van der Waals surface area contributed by atoms with E-state index in [-0.39, 0.29) is 17.2 Å². The van der Waals surface area contributed by atoms with Crippen LogP contribution in [0.25, 0.3) is 11.3 Å². The van der Waals surface area contributed by atoms with Gasteiger partial charge in [0, 0.05) is 48.6 Å².